The van der Waals surface area contributed by atoms with Crippen LogP contribution in [0.4, 0.5) is 5.69 Å². The number of nitrogens with zero attached hydrogens (tertiary/aromatic N) is 2. The first-order chi connectivity index (χ1) is 10.2. The maximum absolute atomic E-state index is 11.1. The molecule has 0 atom stereocenters. The fraction of sp³-hybridized carbons (Fsp3) is 0. The molecule has 21 heavy (non-hydrogen) atoms. The van der Waals surface area contributed by atoms with E-state index in [1.165, 1.54) is 12.1 Å². The van der Waals surface area contributed by atoms with Crippen molar-refractivity contribution >= 4 is 28.2 Å². The SMILES string of the molecule is O=[N+]([O-])c1c(Cl)cccc1Oc1cccc2cccnc12. The average Bonchev–Trinajstić information content (AvgIpc) is 2.47. The Kier molecular flexibility index (Phi) is 3.41. The molecule has 0 unspecified atom stereocenters. The van der Waals surface area contributed by atoms with E-state index in [0.29, 0.717) is 11.3 Å². The van der Waals surface area contributed by atoms with Crippen LogP contribution in [0.3, 0.4) is 0 Å². The van der Waals surface area contributed by atoms with Crippen molar-refractivity contribution in [2.75, 3.05) is 0 Å². The molecule has 0 saturated carbocycles. The Morgan fingerprint density at radius 1 is 1.05 bits per heavy atom. The van der Waals surface area contributed by atoms with E-state index in [4.69, 9.17) is 16.3 Å². The Balaban J connectivity index is 2.12. The van der Waals surface area contributed by atoms with Crippen molar-refractivity contribution in [3.8, 4) is 11.5 Å². The van der Waals surface area contributed by atoms with Crippen LogP contribution in [-0.4, -0.2) is 9.91 Å². The van der Waals surface area contributed by atoms with E-state index in [-0.39, 0.29) is 16.5 Å². The van der Waals surface area contributed by atoms with Crippen molar-refractivity contribution in [1.82, 2.24) is 4.98 Å². The molecule has 3 aromatic rings. The zero-order chi connectivity index (χ0) is 14.8. The molecule has 0 aliphatic rings. The zero-order valence-electron chi connectivity index (χ0n) is 10.7. The molecule has 3 rings (SSSR count). The second-order valence-electron chi connectivity index (χ2n) is 4.28. The molecular weight excluding hydrogens is 292 g/mol. The molecule has 0 radical (unpaired) electrons. The molecule has 1 aromatic heterocycles. The molecule has 0 fully saturated rings. The Morgan fingerprint density at radius 2 is 1.76 bits per heavy atom. The lowest BCUT2D eigenvalue weighted by molar-refractivity contribution is -0.385. The molecule has 0 spiro atoms. The summed E-state index contributed by atoms with van der Waals surface area (Å²) in [6.07, 6.45) is 1.64. The number of halogens is 1. The Labute approximate surface area is 124 Å². The average molecular weight is 301 g/mol. The summed E-state index contributed by atoms with van der Waals surface area (Å²) in [6.45, 7) is 0. The summed E-state index contributed by atoms with van der Waals surface area (Å²) >= 11 is 5.87. The Morgan fingerprint density at radius 3 is 2.57 bits per heavy atom. The topological polar surface area (TPSA) is 65.3 Å². The minimum Gasteiger partial charge on any atom is -0.448 e. The summed E-state index contributed by atoms with van der Waals surface area (Å²) in [7, 11) is 0. The third-order valence-electron chi connectivity index (χ3n) is 2.95. The number of fused-ring (bicyclic) bond motifs is 1. The monoisotopic (exact) mass is 300 g/mol. The lowest BCUT2D eigenvalue weighted by Gasteiger charge is -2.09. The largest absolute Gasteiger partial charge is 0.448 e. The highest BCUT2D eigenvalue weighted by molar-refractivity contribution is 6.33. The van der Waals surface area contributed by atoms with Gasteiger partial charge in [-0.1, -0.05) is 35.9 Å². The van der Waals surface area contributed by atoms with E-state index >= 15 is 0 Å². The summed E-state index contributed by atoms with van der Waals surface area (Å²) < 4.78 is 5.68. The van der Waals surface area contributed by atoms with Gasteiger partial charge in [-0.15, -0.1) is 0 Å². The molecule has 1 heterocycles. The van der Waals surface area contributed by atoms with E-state index < -0.39 is 4.92 Å². The molecule has 6 heteroatoms. The number of aromatic nitrogens is 1. The van der Waals surface area contributed by atoms with Gasteiger partial charge in [0.05, 0.1) is 4.92 Å². The molecule has 2 aromatic carbocycles. The normalized spacial score (nSPS) is 10.5. The Hall–Kier alpha value is -2.66. The second kappa shape index (κ2) is 5.38. The maximum Gasteiger partial charge on any atom is 0.329 e. The number of nitro benzene ring substituents is 1. The van der Waals surface area contributed by atoms with Crippen molar-refractivity contribution in [2.24, 2.45) is 0 Å². The second-order valence-corrected chi connectivity index (χ2v) is 4.68. The van der Waals surface area contributed by atoms with Gasteiger partial charge >= 0.3 is 5.69 Å². The highest BCUT2D eigenvalue weighted by Gasteiger charge is 2.20. The van der Waals surface area contributed by atoms with E-state index in [0.717, 1.165) is 5.39 Å². The highest BCUT2D eigenvalue weighted by Crippen LogP contribution is 2.38. The van der Waals surface area contributed by atoms with E-state index in [9.17, 15) is 10.1 Å². The summed E-state index contributed by atoms with van der Waals surface area (Å²) in [4.78, 5) is 14.8. The molecule has 0 saturated heterocycles. The molecule has 0 bridgehead atoms. The first-order valence-electron chi connectivity index (χ1n) is 6.11. The number of para-hydroxylation sites is 2. The van der Waals surface area contributed by atoms with Gasteiger partial charge in [0.25, 0.3) is 0 Å². The van der Waals surface area contributed by atoms with Crippen LogP contribution in [0, 0.1) is 10.1 Å². The van der Waals surface area contributed by atoms with E-state index in [1.54, 1.807) is 24.4 Å². The van der Waals surface area contributed by atoms with E-state index in [2.05, 4.69) is 4.98 Å². The molecule has 0 amide bonds. The number of ether oxygens (including phenoxy) is 1. The number of hydrogen-bond acceptors (Lipinski definition) is 4. The third kappa shape index (κ3) is 2.51. The first-order valence-corrected chi connectivity index (χ1v) is 6.49. The fourth-order valence-electron chi connectivity index (χ4n) is 2.03. The van der Waals surface area contributed by atoms with Crippen molar-refractivity contribution in [1.29, 1.82) is 0 Å². The molecule has 104 valence electrons. The summed E-state index contributed by atoms with van der Waals surface area (Å²) in [5, 5.41) is 12.0. The van der Waals surface area contributed by atoms with Crippen LogP contribution >= 0.6 is 11.6 Å². The van der Waals surface area contributed by atoms with Gasteiger partial charge in [0.2, 0.25) is 5.75 Å². The summed E-state index contributed by atoms with van der Waals surface area (Å²) in [5.41, 5.74) is 0.376. The summed E-state index contributed by atoms with van der Waals surface area (Å²) in [6, 6.07) is 13.7. The number of nitro groups is 1. The molecule has 0 aliphatic heterocycles. The predicted octanol–water partition coefficient (Wildman–Crippen LogP) is 4.59. The number of hydrogen-bond donors (Lipinski definition) is 0. The molecule has 5 nitrogen and oxygen atoms in total. The van der Waals surface area contributed by atoms with E-state index in [1.807, 2.05) is 18.2 Å². The fourth-order valence-corrected chi connectivity index (χ4v) is 2.27. The number of benzene rings is 2. The van der Waals surface area contributed by atoms with Gasteiger partial charge in [-0.25, -0.2) is 0 Å². The van der Waals surface area contributed by atoms with Crippen LogP contribution in [0.5, 0.6) is 11.5 Å². The van der Waals surface area contributed by atoms with Gasteiger partial charge in [0.15, 0.2) is 5.75 Å². The van der Waals surface area contributed by atoms with Crippen molar-refractivity contribution in [3.05, 3.63) is 69.9 Å². The number of pyridine rings is 1. The predicted molar refractivity (Wildman–Crippen MR) is 79.9 cm³/mol. The van der Waals surface area contributed by atoms with Gasteiger partial charge in [0.1, 0.15) is 10.5 Å². The van der Waals surface area contributed by atoms with Crippen LogP contribution in [0.15, 0.2) is 54.7 Å². The van der Waals surface area contributed by atoms with Crippen LogP contribution in [0.25, 0.3) is 10.9 Å². The van der Waals surface area contributed by atoms with Crippen LogP contribution in [0.1, 0.15) is 0 Å². The van der Waals surface area contributed by atoms with Gasteiger partial charge in [0, 0.05) is 11.6 Å². The van der Waals surface area contributed by atoms with Gasteiger partial charge in [-0.3, -0.25) is 15.1 Å². The molecule has 0 aliphatic carbocycles. The zero-order valence-corrected chi connectivity index (χ0v) is 11.4. The molecule has 0 N–H and O–H groups in total. The maximum atomic E-state index is 11.1. The highest BCUT2D eigenvalue weighted by atomic mass is 35.5. The number of rotatable bonds is 3. The lowest BCUT2D eigenvalue weighted by Crippen LogP contribution is -1.95. The summed E-state index contributed by atoms with van der Waals surface area (Å²) in [5.74, 6) is 0.532. The van der Waals surface area contributed by atoms with Crippen molar-refractivity contribution < 1.29 is 9.66 Å². The molecular formula is C15H9ClN2O3. The minimum absolute atomic E-state index is 0.0331. The van der Waals surface area contributed by atoms with Gasteiger partial charge < -0.3 is 4.74 Å². The van der Waals surface area contributed by atoms with Crippen LogP contribution in [0.2, 0.25) is 5.02 Å². The van der Waals surface area contributed by atoms with Crippen LogP contribution < -0.4 is 4.74 Å². The quantitative estimate of drug-likeness (QED) is 0.524. The minimum atomic E-state index is -0.559. The van der Waals surface area contributed by atoms with Crippen molar-refractivity contribution in [2.45, 2.75) is 0 Å². The smallest absolute Gasteiger partial charge is 0.329 e. The van der Waals surface area contributed by atoms with Crippen LogP contribution in [-0.2, 0) is 0 Å². The van der Waals surface area contributed by atoms with Gasteiger partial charge in [-0.2, -0.15) is 0 Å². The Bertz CT molecular complexity index is 831. The standard InChI is InChI=1S/C15H9ClN2O3/c16-11-6-2-8-13(15(11)18(19)20)21-12-7-1-4-10-5-3-9-17-14(10)12/h1-9H. The first kappa shape index (κ1) is 13.3. The van der Waals surface area contributed by atoms with Crippen molar-refractivity contribution in [3.63, 3.8) is 0 Å². The third-order valence-corrected chi connectivity index (χ3v) is 3.25. The van der Waals surface area contributed by atoms with Gasteiger partial charge in [-0.05, 0) is 24.3 Å². The lowest BCUT2D eigenvalue weighted by atomic mass is 10.2.